The molecular formula is C30H39FN4O4. The molecule has 210 valence electrons. The van der Waals surface area contributed by atoms with E-state index >= 15 is 0 Å². The Bertz CT molecular complexity index is 1250. The van der Waals surface area contributed by atoms with Crippen molar-refractivity contribution in [2.24, 2.45) is 0 Å². The Morgan fingerprint density at radius 2 is 2.03 bits per heavy atom. The predicted molar refractivity (Wildman–Crippen MR) is 144 cm³/mol. The third-order valence-corrected chi connectivity index (χ3v) is 9.84. The molecule has 2 unspecified atom stereocenters. The highest BCUT2D eigenvalue weighted by molar-refractivity contribution is 5.52. The molecule has 0 radical (unpaired) electrons. The molecule has 7 rings (SSSR count). The van der Waals surface area contributed by atoms with Crippen LogP contribution in [0.4, 0.5) is 10.2 Å². The van der Waals surface area contributed by atoms with Crippen LogP contribution < -0.4 is 9.64 Å². The fourth-order valence-electron chi connectivity index (χ4n) is 7.82. The van der Waals surface area contributed by atoms with Gasteiger partial charge in [0, 0.05) is 38.0 Å². The molecule has 8 nitrogen and oxygen atoms in total. The Hall–Kier alpha value is -2.49. The highest BCUT2D eigenvalue weighted by Gasteiger charge is 2.49. The van der Waals surface area contributed by atoms with Crippen LogP contribution in [0, 0.1) is 0 Å². The van der Waals surface area contributed by atoms with Crippen LogP contribution in [0.3, 0.4) is 0 Å². The number of aliphatic hydroxyl groups is 1. The molecule has 39 heavy (non-hydrogen) atoms. The average Bonchev–Trinajstić information content (AvgIpc) is 3.35. The van der Waals surface area contributed by atoms with Crippen molar-refractivity contribution >= 4 is 5.82 Å². The van der Waals surface area contributed by atoms with Crippen molar-refractivity contribution in [2.75, 3.05) is 37.7 Å². The number of aryl methyl sites for hydroxylation is 1. The van der Waals surface area contributed by atoms with Gasteiger partial charge < -0.3 is 24.6 Å². The maximum Gasteiger partial charge on any atom is 0.318 e. The number of alkyl halides is 1. The van der Waals surface area contributed by atoms with Crippen molar-refractivity contribution in [2.45, 2.75) is 94.2 Å². The van der Waals surface area contributed by atoms with Crippen molar-refractivity contribution in [3.05, 3.63) is 40.6 Å². The lowest BCUT2D eigenvalue weighted by Gasteiger charge is -2.43. The molecule has 1 aromatic carbocycles. The van der Waals surface area contributed by atoms with Gasteiger partial charge in [-0.3, -0.25) is 4.90 Å². The molecule has 4 atom stereocenters. The Morgan fingerprint density at radius 1 is 1.10 bits per heavy atom. The molecule has 0 bridgehead atoms. The second-order valence-electron chi connectivity index (χ2n) is 12.3. The number of phenolic OH excluding ortho intramolecular Hbond substituents is 1. The quantitative estimate of drug-likeness (QED) is 0.608. The maximum atomic E-state index is 14.4. The lowest BCUT2D eigenvalue weighted by atomic mass is 9.75. The summed E-state index contributed by atoms with van der Waals surface area (Å²) in [5.41, 5.74) is 3.39. The van der Waals surface area contributed by atoms with E-state index in [2.05, 4.69) is 9.80 Å². The first kappa shape index (κ1) is 25.5. The van der Waals surface area contributed by atoms with Crippen molar-refractivity contribution < 1.29 is 24.1 Å². The maximum absolute atomic E-state index is 14.4. The normalized spacial score (nSPS) is 32.5. The van der Waals surface area contributed by atoms with Crippen molar-refractivity contribution in [1.29, 1.82) is 0 Å². The van der Waals surface area contributed by atoms with E-state index in [1.807, 2.05) is 12.1 Å². The molecule has 1 aromatic heterocycles. The van der Waals surface area contributed by atoms with E-state index in [9.17, 15) is 14.6 Å². The van der Waals surface area contributed by atoms with Gasteiger partial charge in [0.25, 0.3) is 0 Å². The van der Waals surface area contributed by atoms with Gasteiger partial charge in [0.1, 0.15) is 24.3 Å². The summed E-state index contributed by atoms with van der Waals surface area (Å²) in [5.74, 6) is 1.09. The molecule has 1 aliphatic carbocycles. The average molecular weight is 539 g/mol. The Labute approximate surface area is 229 Å². The first-order valence-corrected chi connectivity index (χ1v) is 14.7. The number of ether oxygens (including phenoxy) is 2. The molecule has 4 aliphatic heterocycles. The van der Waals surface area contributed by atoms with Gasteiger partial charge in [0.2, 0.25) is 0 Å². The van der Waals surface area contributed by atoms with Crippen molar-refractivity contribution in [3.8, 4) is 11.8 Å². The highest BCUT2D eigenvalue weighted by atomic mass is 19.1. The third-order valence-electron chi connectivity index (χ3n) is 9.84. The largest absolute Gasteiger partial charge is 0.508 e. The van der Waals surface area contributed by atoms with E-state index in [-0.39, 0.29) is 17.4 Å². The van der Waals surface area contributed by atoms with Crippen molar-refractivity contribution in [3.63, 3.8) is 0 Å². The Kier molecular flexibility index (Phi) is 6.44. The van der Waals surface area contributed by atoms with Crippen LogP contribution in [0.5, 0.6) is 11.8 Å². The number of anilines is 1. The van der Waals surface area contributed by atoms with Crippen LogP contribution in [0.1, 0.15) is 73.8 Å². The van der Waals surface area contributed by atoms with Crippen LogP contribution in [0.15, 0.2) is 18.2 Å². The number of nitrogens with zero attached hydrogens (tertiary/aromatic N) is 4. The molecule has 1 spiro atoms. The molecule has 9 heteroatoms. The van der Waals surface area contributed by atoms with Gasteiger partial charge in [-0.05, 0) is 81.2 Å². The van der Waals surface area contributed by atoms with Gasteiger partial charge in [-0.1, -0.05) is 6.07 Å². The predicted octanol–water partition coefficient (Wildman–Crippen LogP) is 3.79. The number of benzene rings is 1. The van der Waals surface area contributed by atoms with Gasteiger partial charge in [-0.15, -0.1) is 0 Å². The van der Waals surface area contributed by atoms with E-state index in [0.717, 1.165) is 80.7 Å². The summed E-state index contributed by atoms with van der Waals surface area (Å²) < 4.78 is 27.4. The van der Waals surface area contributed by atoms with Gasteiger partial charge in [0.15, 0.2) is 0 Å². The molecular weight excluding hydrogens is 499 g/mol. The van der Waals surface area contributed by atoms with Crippen molar-refractivity contribution in [1.82, 2.24) is 14.9 Å². The molecule has 0 saturated carbocycles. The number of aliphatic hydroxyl groups excluding tert-OH is 1. The van der Waals surface area contributed by atoms with Gasteiger partial charge >= 0.3 is 6.01 Å². The zero-order valence-electron chi connectivity index (χ0n) is 22.6. The van der Waals surface area contributed by atoms with E-state index < -0.39 is 11.8 Å². The summed E-state index contributed by atoms with van der Waals surface area (Å²) in [6, 6.07) is 5.97. The molecule has 5 aliphatic rings. The molecule has 2 aromatic rings. The standard InChI is InChI=1S/C30H39FN4O4/c31-21-15-29(9-3-12-35(29)17-21)19-38-28-32-26-16-30(10-1-4-20-6-7-23(37)14-25(20)30)39-18-24(26)27(33-28)34-11-2-5-22(36)8-13-34/h6-7,14,21-22,36-37H,1-5,8-13,15-19H2/t21-,22?,29+,30?/m1/s1. The van der Waals surface area contributed by atoms with Gasteiger partial charge in [0.05, 0.1) is 29.5 Å². The third kappa shape index (κ3) is 4.56. The smallest absolute Gasteiger partial charge is 0.318 e. The Morgan fingerprint density at radius 3 is 2.95 bits per heavy atom. The number of halogens is 1. The first-order chi connectivity index (χ1) is 18.9. The van der Waals surface area contributed by atoms with Crippen LogP contribution in [-0.2, 0) is 29.8 Å². The molecule has 0 amide bonds. The molecule has 2 N–H and O–H groups in total. The Balaban J connectivity index is 1.24. The fraction of sp³-hybridized carbons (Fsp3) is 0.667. The number of hydrogen-bond acceptors (Lipinski definition) is 8. The summed E-state index contributed by atoms with van der Waals surface area (Å²) in [6.07, 6.45) is 7.22. The molecule has 3 fully saturated rings. The van der Waals surface area contributed by atoms with E-state index in [0.29, 0.717) is 51.6 Å². The summed E-state index contributed by atoms with van der Waals surface area (Å²) in [5, 5.41) is 20.6. The number of fused-ring (bicyclic) bond motifs is 4. The zero-order valence-corrected chi connectivity index (χ0v) is 22.6. The number of phenols is 1. The highest BCUT2D eigenvalue weighted by Crippen LogP contribution is 2.47. The number of hydrogen-bond donors (Lipinski definition) is 2. The molecule has 3 saturated heterocycles. The first-order valence-electron chi connectivity index (χ1n) is 14.7. The zero-order chi connectivity index (χ0) is 26.6. The summed E-state index contributed by atoms with van der Waals surface area (Å²) in [7, 11) is 0. The second-order valence-corrected chi connectivity index (χ2v) is 12.3. The summed E-state index contributed by atoms with van der Waals surface area (Å²) in [4.78, 5) is 14.4. The second kappa shape index (κ2) is 9.85. The van der Waals surface area contributed by atoms with Gasteiger partial charge in [-0.2, -0.15) is 9.97 Å². The van der Waals surface area contributed by atoms with E-state index in [1.165, 1.54) is 5.56 Å². The minimum atomic E-state index is -0.808. The number of aromatic nitrogens is 2. The fourth-order valence-corrected chi connectivity index (χ4v) is 7.82. The van der Waals surface area contributed by atoms with E-state index in [4.69, 9.17) is 19.4 Å². The lowest BCUT2D eigenvalue weighted by Crippen LogP contribution is -2.44. The van der Waals surface area contributed by atoms with Crippen LogP contribution in [0.2, 0.25) is 0 Å². The minimum absolute atomic E-state index is 0.253. The van der Waals surface area contributed by atoms with Crippen LogP contribution in [0.25, 0.3) is 0 Å². The minimum Gasteiger partial charge on any atom is -0.508 e. The summed E-state index contributed by atoms with van der Waals surface area (Å²) >= 11 is 0. The number of aromatic hydroxyl groups is 1. The van der Waals surface area contributed by atoms with Gasteiger partial charge in [-0.25, -0.2) is 4.39 Å². The topological polar surface area (TPSA) is 91.2 Å². The molecule has 5 heterocycles. The van der Waals surface area contributed by atoms with Crippen LogP contribution in [-0.4, -0.2) is 75.7 Å². The summed E-state index contributed by atoms with van der Waals surface area (Å²) in [6.45, 7) is 3.71. The monoisotopic (exact) mass is 538 g/mol. The number of rotatable bonds is 4. The SMILES string of the molecule is Oc1ccc2c(c1)C1(CCC2)Cc2nc(OC[C@@]34CCCN3C[C@H](F)C4)nc(N3CCCC(O)CC3)c2CO1. The van der Waals surface area contributed by atoms with Crippen LogP contribution >= 0.6 is 0 Å². The van der Waals surface area contributed by atoms with E-state index in [1.54, 1.807) is 6.07 Å². The lowest BCUT2D eigenvalue weighted by molar-refractivity contribution is -0.0856.